The number of carbonyl (C=O) groups excluding carboxylic acids is 4. The van der Waals surface area contributed by atoms with Crippen molar-refractivity contribution in [1.29, 1.82) is 0 Å². The fraction of sp³-hybridized carbons (Fsp3) is 0.491. The molecule has 2 heterocycles. The molecule has 0 bridgehead atoms. The van der Waals surface area contributed by atoms with E-state index in [2.05, 4.69) is 65.0 Å². The maximum atomic E-state index is 12.4. The molecular formula is C55H60O8. The summed E-state index contributed by atoms with van der Waals surface area (Å²) in [6.07, 6.45) is 15.3. The van der Waals surface area contributed by atoms with Crippen LogP contribution in [0.4, 0.5) is 0 Å². The number of rotatable bonds is 11. The molecule has 0 saturated heterocycles. The number of hydrogen-bond donors (Lipinski definition) is 0. The number of carbonyl (C=O) groups is 4. The van der Waals surface area contributed by atoms with Gasteiger partial charge in [-0.1, -0.05) is 78.1 Å². The molecule has 4 aromatic rings. The molecule has 328 valence electrons. The number of esters is 4. The van der Waals surface area contributed by atoms with Gasteiger partial charge in [0.25, 0.3) is 0 Å². The lowest BCUT2D eigenvalue weighted by molar-refractivity contribution is -0.122. The third-order valence-corrected chi connectivity index (χ3v) is 17.4. The topological polar surface area (TPSA) is 105 Å². The van der Waals surface area contributed by atoms with Gasteiger partial charge in [0.1, 0.15) is 23.0 Å². The van der Waals surface area contributed by atoms with Gasteiger partial charge in [0.2, 0.25) is 0 Å². The largest absolute Gasteiger partial charge is 0.457 e. The number of cyclic esters (lactones) is 4. The third-order valence-electron chi connectivity index (χ3n) is 17.4. The van der Waals surface area contributed by atoms with Crippen molar-refractivity contribution in [1.82, 2.24) is 0 Å². The van der Waals surface area contributed by atoms with E-state index in [9.17, 15) is 19.2 Å². The molecule has 9 atom stereocenters. The van der Waals surface area contributed by atoms with E-state index >= 15 is 0 Å². The van der Waals surface area contributed by atoms with Crippen LogP contribution in [0, 0.1) is 52.3 Å². The van der Waals surface area contributed by atoms with Gasteiger partial charge < -0.3 is 18.9 Å². The van der Waals surface area contributed by atoms with Crippen LogP contribution in [-0.4, -0.2) is 23.9 Å². The third kappa shape index (κ3) is 7.11. The first-order valence-corrected chi connectivity index (χ1v) is 23.6. The van der Waals surface area contributed by atoms with Crippen LogP contribution in [-0.2, 0) is 14.9 Å². The Bertz CT molecular complexity index is 2490. The molecule has 4 aliphatic carbocycles. The van der Waals surface area contributed by atoms with Crippen LogP contribution in [0.5, 0.6) is 23.0 Å². The Hall–Kier alpha value is -5.24. The lowest BCUT2D eigenvalue weighted by atomic mass is 9.42. The Morgan fingerprint density at radius 3 is 1.84 bits per heavy atom. The van der Waals surface area contributed by atoms with Gasteiger partial charge in [-0.2, -0.15) is 0 Å². The van der Waals surface area contributed by atoms with Gasteiger partial charge in [0.15, 0.2) is 0 Å². The summed E-state index contributed by atoms with van der Waals surface area (Å²) >= 11 is 0. The Morgan fingerprint density at radius 2 is 1.17 bits per heavy atom. The highest BCUT2D eigenvalue weighted by atomic mass is 16.6. The Balaban J connectivity index is 0.938. The van der Waals surface area contributed by atoms with E-state index in [1.807, 2.05) is 18.2 Å². The maximum absolute atomic E-state index is 12.4. The molecule has 10 rings (SSSR count). The van der Waals surface area contributed by atoms with E-state index in [-0.39, 0.29) is 33.1 Å². The minimum Gasteiger partial charge on any atom is -0.457 e. The minimum absolute atomic E-state index is 0.213. The second-order valence-corrected chi connectivity index (χ2v) is 21.0. The highest BCUT2D eigenvalue weighted by Gasteiger charge is 2.62. The summed E-state index contributed by atoms with van der Waals surface area (Å²) in [4.78, 5) is 48.9. The van der Waals surface area contributed by atoms with Crippen LogP contribution in [0.2, 0.25) is 0 Å². The SMILES string of the molecule is CC(C)CCCC(C)C1CCC2C3CCC4CC(c5ccc(Oc6ccc7c(c6)C(=O)OC7=O)cc5)(c5cccc(Oc6ccc7c(c6)C(=O)OC7=O)c5)CCC4(C)C3CCC12C. The molecule has 0 radical (unpaired) electrons. The summed E-state index contributed by atoms with van der Waals surface area (Å²) in [5, 5.41) is 0. The van der Waals surface area contributed by atoms with Crippen LogP contribution >= 0.6 is 0 Å². The van der Waals surface area contributed by atoms with Gasteiger partial charge in [-0.15, -0.1) is 0 Å². The average molecular weight is 849 g/mol. The van der Waals surface area contributed by atoms with Crippen LogP contribution in [0.15, 0.2) is 84.9 Å². The highest BCUT2D eigenvalue weighted by Crippen LogP contribution is 2.70. The zero-order valence-corrected chi connectivity index (χ0v) is 37.4. The summed E-state index contributed by atoms with van der Waals surface area (Å²) in [6.45, 7) is 12.6. The van der Waals surface area contributed by atoms with Crippen molar-refractivity contribution in [3.63, 3.8) is 0 Å². The second-order valence-electron chi connectivity index (χ2n) is 21.0. The Labute approximate surface area is 371 Å². The normalized spacial score (nSPS) is 31.0. The van der Waals surface area contributed by atoms with Crippen molar-refractivity contribution in [3.05, 3.63) is 118 Å². The molecule has 4 saturated carbocycles. The van der Waals surface area contributed by atoms with Crippen molar-refractivity contribution < 1.29 is 38.1 Å². The number of benzene rings is 4. The quantitative estimate of drug-likeness (QED) is 0.109. The van der Waals surface area contributed by atoms with E-state index in [0.717, 1.165) is 54.8 Å². The van der Waals surface area contributed by atoms with Crippen molar-refractivity contribution in [3.8, 4) is 23.0 Å². The molecule has 4 aromatic carbocycles. The van der Waals surface area contributed by atoms with E-state index in [0.29, 0.717) is 34.3 Å². The van der Waals surface area contributed by atoms with E-state index < -0.39 is 23.9 Å². The average Bonchev–Trinajstić information content (AvgIpc) is 3.88. The summed E-state index contributed by atoms with van der Waals surface area (Å²) in [6, 6.07) is 26.5. The highest BCUT2D eigenvalue weighted by molar-refractivity contribution is 6.15. The van der Waals surface area contributed by atoms with Gasteiger partial charge in [0.05, 0.1) is 22.3 Å². The minimum atomic E-state index is -0.659. The van der Waals surface area contributed by atoms with E-state index in [4.69, 9.17) is 18.9 Å². The first-order chi connectivity index (χ1) is 30.3. The smallest absolute Gasteiger partial charge is 0.347 e. The van der Waals surface area contributed by atoms with Gasteiger partial charge in [0, 0.05) is 5.41 Å². The van der Waals surface area contributed by atoms with Crippen molar-refractivity contribution in [2.45, 2.75) is 117 Å². The van der Waals surface area contributed by atoms with Crippen LogP contribution < -0.4 is 9.47 Å². The molecule has 0 N–H and O–H groups in total. The molecule has 2 aliphatic heterocycles. The first kappa shape index (κ1) is 41.8. The summed E-state index contributed by atoms with van der Waals surface area (Å²) in [5.74, 6) is 4.99. The second kappa shape index (κ2) is 15.8. The van der Waals surface area contributed by atoms with Gasteiger partial charge in [-0.25, -0.2) is 19.2 Å². The van der Waals surface area contributed by atoms with Crippen LogP contribution in [0.25, 0.3) is 0 Å². The number of hydrogen-bond acceptors (Lipinski definition) is 8. The molecule has 6 aliphatic rings. The summed E-state index contributed by atoms with van der Waals surface area (Å²) in [7, 11) is 0. The standard InChI is InChI=1S/C55H60O8/c1-32(2)8-6-9-33(3)46-22-23-47-43-19-14-36-31-55(27-26-53(36,4)48(43)24-25-54(46,47)5,34-12-15-37(16-13-34)60-39-17-20-41-44(29-39)51(58)62-49(41)56)35-10-7-11-38(28-35)61-40-18-21-42-45(30-40)52(59)63-50(42)57/h7,10-13,15-18,20-21,28-30,32-33,36,43,46-48H,6,8-9,14,19,22-27,31H2,1-5H3. The fourth-order valence-corrected chi connectivity index (χ4v) is 14.2. The van der Waals surface area contributed by atoms with Crippen LogP contribution in [0.3, 0.4) is 0 Å². The predicted octanol–water partition coefficient (Wildman–Crippen LogP) is 13.3. The van der Waals surface area contributed by atoms with Gasteiger partial charge in [-0.05, 0) is 182 Å². The molecule has 8 nitrogen and oxygen atoms in total. The van der Waals surface area contributed by atoms with E-state index in [1.54, 1.807) is 36.4 Å². The van der Waals surface area contributed by atoms with Crippen molar-refractivity contribution in [2.24, 2.45) is 52.3 Å². The molecule has 63 heavy (non-hydrogen) atoms. The molecule has 4 fully saturated rings. The zero-order valence-electron chi connectivity index (χ0n) is 37.4. The Morgan fingerprint density at radius 1 is 0.571 bits per heavy atom. The lowest BCUT2D eigenvalue weighted by Crippen LogP contribution is -2.55. The lowest BCUT2D eigenvalue weighted by Gasteiger charge is -2.63. The molecule has 8 heteroatoms. The molecule has 9 unspecified atom stereocenters. The van der Waals surface area contributed by atoms with Gasteiger partial charge in [-0.3, -0.25) is 0 Å². The van der Waals surface area contributed by atoms with E-state index in [1.165, 1.54) is 68.9 Å². The monoisotopic (exact) mass is 848 g/mol. The first-order valence-electron chi connectivity index (χ1n) is 23.6. The van der Waals surface area contributed by atoms with Gasteiger partial charge >= 0.3 is 23.9 Å². The van der Waals surface area contributed by atoms with Crippen molar-refractivity contribution >= 4 is 23.9 Å². The molecule has 0 amide bonds. The van der Waals surface area contributed by atoms with Crippen LogP contribution in [0.1, 0.15) is 164 Å². The zero-order chi connectivity index (χ0) is 43.8. The summed E-state index contributed by atoms with van der Waals surface area (Å²) in [5.41, 5.74) is 3.77. The fourth-order valence-electron chi connectivity index (χ4n) is 14.2. The van der Waals surface area contributed by atoms with Crippen molar-refractivity contribution in [2.75, 3.05) is 0 Å². The number of ether oxygens (including phenoxy) is 4. The molecular weight excluding hydrogens is 789 g/mol. The molecule has 0 spiro atoms. The number of fused-ring (bicyclic) bond motifs is 7. The molecule has 0 aromatic heterocycles. The Kier molecular flexibility index (Phi) is 10.5. The summed E-state index contributed by atoms with van der Waals surface area (Å²) < 4.78 is 22.3. The maximum Gasteiger partial charge on any atom is 0.347 e. The predicted molar refractivity (Wildman–Crippen MR) is 239 cm³/mol.